The van der Waals surface area contributed by atoms with Crippen molar-refractivity contribution in [2.45, 2.75) is 73.6 Å². The third kappa shape index (κ3) is 1.17. The lowest BCUT2D eigenvalue weighted by Gasteiger charge is -2.29. The van der Waals surface area contributed by atoms with Crippen LogP contribution in [0, 0.1) is 28.1 Å². The first-order chi connectivity index (χ1) is 7.45. The van der Waals surface area contributed by atoms with Crippen molar-refractivity contribution in [3.8, 4) is 0 Å². The van der Waals surface area contributed by atoms with E-state index in [1.165, 1.54) is 32.1 Å². The molecule has 3 unspecified atom stereocenters. The Morgan fingerprint density at radius 1 is 0.875 bits per heavy atom. The third-order valence-corrected chi connectivity index (χ3v) is 6.83. The Balaban J connectivity index is 2.19. The molecule has 0 heteroatoms. The fraction of sp³-hybridized carbons (Fsp3) is 1.00. The molecule has 0 bridgehead atoms. The van der Waals surface area contributed by atoms with E-state index in [1.807, 2.05) is 0 Å². The van der Waals surface area contributed by atoms with Gasteiger partial charge < -0.3 is 0 Å². The molecule has 0 radical (unpaired) electrons. The molecule has 0 aromatic rings. The van der Waals surface area contributed by atoms with Gasteiger partial charge in [0.25, 0.3) is 0 Å². The van der Waals surface area contributed by atoms with E-state index >= 15 is 0 Å². The summed E-state index contributed by atoms with van der Waals surface area (Å²) in [6, 6.07) is 0. The minimum atomic E-state index is 0.715. The second-order valence-electron chi connectivity index (χ2n) is 6.97. The number of rotatable bonds is 5. The average Bonchev–Trinajstić information content (AvgIpc) is 3.14. The summed E-state index contributed by atoms with van der Waals surface area (Å²) in [7, 11) is 0. The summed E-state index contributed by atoms with van der Waals surface area (Å²) in [5.74, 6) is 1.77. The average molecular weight is 222 g/mol. The first-order valence-corrected chi connectivity index (χ1v) is 7.45. The molecule has 0 heterocycles. The quantitative estimate of drug-likeness (QED) is 0.594. The number of hydrogen-bond donors (Lipinski definition) is 0. The summed E-state index contributed by atoms with van der Waals surface area (Å²) in [5.41, 5.74) is 2.24. The van der Waals surface area contributed by atoms with Crippen LogP contribution < -0.4 is 0 Å². The van der Waals surface area contributed by atoms with E-state index in [0.717, 1.165) is 22.7 Å². The van der Waals surface area contributed by atoms with Gasteiger partial charge >= 0.3 is 0 Å². The molecule has 2 rings (SSSR count). The predicted octanol–water partition coefficient (Wildman–Crippen LogP) is 5.28. The van der Waals surface area contributed by atoms with Crippen LogP contribution in [-0.2, 0) is 0 Å². The Morgan fingerprint density at radius 2 is 1.44 bits per heavy atom. The molecule has 94 valence electrons. The molecule has 0 aromatic heterocycles. The van der Waals surface area contributed by atoms with Crippen LogP contribution in [0.3, 0.4) is 0 Å². The van der Waals surface area contributed by atoms with E-state index in [4.69, 9.17) is 0 Å². The molecule has 16 heavy (non-hydrogen) atoms. The molecule has 0 aromatic carbocycles. The summed E-state index contributed by atoms with van der Waals surface area (Å²) >= 11 is 0. The lowest BCUT2D eigenvalue weighted by Crippen LogP contribution is -2.22. The molecule has 3 atom stereocenters. The van der Waals surface area contributed by atoms with Crippen molar-refractivity contribution < 1.29 is 0 Å². The van der Waals surface area contributed by atoms with Crippen molar-refractivity contribution in [3.63, 3.8) is 0 Å². The molecule has 2 aliphatic rings. The maximum Gasteiger partial charge on any atom is -0.0171 e. The zero-order valence-corrected chi connectivity index (χ0v) is 12.2. The zero-order chi connectivity index (χ0) is 12.2. The van der Waals surface area contributed by atoms with Crippen LogP contribution in [0.4, 0.5) is 0 Å². The first-order valence-electron chi connectivity index (χ1n) is 7.45. The van der Waals surface area contributed by atoms with Crippen molar-refractivity contribution in [1.29, 1.82) is 0 Å². The van der Waals surface area contributed by atoms with Crippen molar-refractivity contribution in [1.82, 2.24) is 0 Å². The molecule has 0 amide bonds. The van der Waals surface area contributed by atoms with Crippen LogP contribution in [0.5, 0.6) is 0 Å². The van der Waals surface area contributed by atoms with Gasteiger partial charge in [-0.2, -0.15) is 0 Å². The molecule has 0 N–H and O–H groups in total. The smallest absolute Gasteiger partial charge is 0.0171 e. The monoisotopic (exact) mass is 222 g/mol. The van der Waals surface area contributed by atoms with E-state index < -0.39 is 0 Å². The fourth-order valence-corrected chi connectivity index (χ4v) is 5.18. The van der Waals surface area contributed by atoms with Crippen molar-refractivity contribution in [2.75, 3.05) is 0 Å². The molecular formula is C16H30. The lowest BCUT2D eigenvalue weighted by molar-refractivity contribution is 0.196. The normalized spacial score (nSPS) is 41.4. The molecule has 2 aliphatic carbocycles. The van der Waals surface area contributed by atoms with Crippen molar-refractivity contribution in [3.05, 3.63) is 0 Å². The molecular weight excluding hydrogens is 192 g/mol. The topological polar surface area (TPSA) is 0 Å². The Bertz CT molecular complexity index is 274. The van der Waals surface area contributed by atoms with Crippen LogP contribution in [0.2, 0.25) is 0 Å². The van der Waals surface area contributed by atoms with Gasteiger partial charge in [0.05, 0.1) is 0 Å². The largest absolute Gasteiger partial charge is 0.0648 e. The minimum absolute atomic E-state index is 0.715. The van der Waals surface area contributed by atoms with Gasteiger partial charge in [0.15, 0.2) is 0 Å². The van der Waals surface area contributed by atoms with Crippen LogP contribution in [0.1, 0.15) is 73.6 Å². The van der Waals surface area contributed by atoms with Crippen LogP contribution in [-0.4, -0.2) is 0 Å². The first kappa shape index (κ1) is 12.5. The molecule has 1 spiro atoms. The summed E-state index contributed by atoms with van der Waals surface area (Å²) < 4.78 is 0. The van der Waals surface area contributed by atoms with E-state index in [1.54, 1.807) is 0 Å². The van der Waals surface area contributed by atoms with Gasteiger partial charge in [0, 0.05) is 0 Å². The minimum Gasteiger partial charge on any atom is -0.0648 e. The van der Waals surface area contributed by atoms with Crippen molar-refractivity contribution in [2.24, 2.45) is 28.1 Å². The van der Waals surface area contributed by atoms with Crippen molar-refractivity contribution >= 4 is 0 Å². The second kappa shape index (κ2) is 3.50. The molecule has 0 saturated heterocycles. The highest BCUT2D eigenvalue weighted by Gasteiger charge is 2.84. The van der Waals surface area contributed by atoms with Crippen LogP contribution in [0.25, 0.3) is 0 Å². The highest BCUT2D eigenvalue weighted by Crippen LogP contribution is 2.92. The molecule has 2 fully saturated rings. The maximum atomic E-state index is 2.51. The lowest BCUT2D eigenvalue weighted by atomic mass is 9.76. The van der Waals surface area contributed by atoms with Crippen LogP contribution in [0.15, 0.2) is 0 Å². The Hall–Kier alpha value is 0. The van der Waals surface area contributed by atoms with E-state index in [9.17, 15) is 0 Å². The second-order valence-corrected chi connectivity index (χ2v) is 6.97. The Kier molecular flexibility index (Phi) is 2.72. The SMILES string of the molecule is CCC1(CC)CC12CC2(CC)C(C)C(C)C. The van der Waals surface area contributed by atoms with Gasteiger partial charge in [-0.3, -0.25) is 0 Å². The zero-order valence-electron chi connectivity index (χ0n) is 12.2. The summed E-state index contributed by atoms with van der Waals surface area (Å²) in [5, 5.41) is 0. The molecule has 0 aliphatic heterocycles. The van der Waals surface area contributed by atoms with Gasteiger partial charge in [0.1, 0.15) is 0 Å². The van der Waals surface area contributed by atoms with Gasteiger partial charge in [-0.1, -0.05) is 41.5 Å². The molecule has 2 saturated carbocycles. The maximum absolute atomic E-state index is 2.51. The van der Waals surface area contributed by atoms with Gasteiger partial charge in [-0.15, -0.1) is 0 Å². The fourth-order valence-electron chi connectivity index (χ4n) is 5.18. The van der Waals surface area contributed by atoms with Gasteiger partial charge in [-0.25, -0.2) is 0 Å². The van der Waals surface area contributed by atoms with Crippen LogP contribution >= 0.6 is 0 Å². The van der Waals surface area contributed by atoms with E-state index in [-0.39, 0.29) is 0 Å². The summed E-state index contributed by atoms with van der Waals surface area (Å²) in [4.78, 5) is 0. The predicted molar refractivity (Wildman–Crippen MR) is 71.4 cm³/mol. The van der Waals surface area contributed by atoms with E-state index in [0.29, 0.717) is 5.41 Å². The summed E-state index contributed by atoms with van der Waals surface area (Å²) in [6.45, 7) is 14.6. The third-order valence-electron chi connectivity index (χ3n) is 6.83. The van der Waals surface area contributed by atoms with E-state index in [2.05, 4.69) is 41.5 Å². The standard InChI is InChI=1S/C16H30/c1-7-14(8-2)10-16(14)11-15(16,9-3)13(6)12(4)5/h12-13H,7-11H2,1-6H3. The Morgan fingerprint density at radius 3 is 1.75 bits per heavy atom. The van der Waals surface area contributed by atoms with Gasteiger partial charge in [-0.05, 0) is 60.2 Å². The molecule has 0 nitrogen and oxygen atoms in total. The van der Waals surface area contributed by atoms with Gasteiger partial charge in [0.2, 0.25) is 0 Å². The number of hydrogen-bond acceptors (Lipinski definition) is 0. The summed E-state index contributed by atoms with van der Waals surface area (Å²) in [6.07, 6.45) is 7.32. The Labute approximate surface area is 102 Å². The highest BCUT2D eigenvalue weighted by molar-refractivity contribution is 5.33. The highest BCUT2D eigenvalue weighted by atomic mass is 14.9.